The molecule has 2 saturated carbocycles. The molecule has 1 saturated heterocycles. The van der Waals surface area contributed by atoms with E-state index < -0.39 is 11.6 Å². The molecule has 238 valence electrons. The average Bonchev–Trinajstić information content (AvgIpc) is 3.40. The average molecular weight is 610 g/mol. The van der Waals surface area contributed by atoms with Crippen molar-refractivity contribution in [3.63, 3.8) is 0 Å². The number of aromatic nitrogens is 4. The Bertz CT molecular complexity index is 1410. The lowest BCUT2D eigenvalue weighted by Crippen LogP contribution is -2.40. The molecule has 6 rings (SSSR count). The summed E-state index contributed by atoms with van der Waals surface area (Å²) >= 11 is 0. The maximum Gasteiger partial charge on any atom is 0.223 e. The minimum atomic E-state index is -0.689. The Morgan fingerprint density at radius 1 is 0.955 bits per heavy atom. The Balaban J connectivity index is 1.11. The summed E-state index contributed by atoms with van der Waals surface area (Å²) in [6.07, 6.45) is 13.5. The molecule has 3 aromatic rings. The van der Waals surface area contributed by atoms with Crippen molar-refractivity contribution < 1.29 is 18.7 Å². The number of amides is 1. The highest BCUT2D eigenvalue weighted by Crippen LogP contribution is 2.37. The Morgan fingerprint density at radius 2 is 1.70 bits per heavy atom. The lowest BCUT2D eigenvalue weighted by molar-refractivity contribution is -0.126. The van der Waals surface area contributed by atoms with Crippen LogP contribution >= 0.6 is 0 Å². The molecule has 0 unspecified atom stereocenters. The van der Waals surface area contributed by atoms with E-state index in [1.807, 2.05) is 4.57 Å². The molecule has 2 aromatic heterocycles. The van der Waals surface area contributed by atoms with E-state index in [0.29, 0.717) is 23.0 Å². The number of hydrogen-bond donors (Lipinski definition) is 3. The van der Waals surface area contributed by atoms with Crippen molar-refractivity contribution in [2.24, 2.45) is 17.8 Å². The second-order valence-corrected chi connectivity index (χ2v) is 13.0. The number of anilines is 2. The number of halogens is 2. The molecule has 0 atom stereocenters. The molecule has 3 N–H and O–H groups in total. The van der Waals surface area contributed by atoms with Gasteiger partial charge in [-0.15, -0.1) is 0 Å². The van der Waals surface area contributed by atoms with E-state index in [1.165, 1.54) is 31.4 Å². The van der Waals surface area contributed by atoms with Crippen LogP contribution in [0.5, 0.6) is 0 Å². The fraction of sp³-hybridized carbons (Fsp3) is 0.636. The second kappa shape index (κ2) is 14.3. The minimum Gasteiger partial charge on any atom is -0.396 e. The zero-order valence-electron chi connectivity index (χ0n) is 25.5. The van der Waals surface area contributed by atoms with Crippen LogP contribution in [0.2, 0.25) is 0 Å². The van der Waals surface area contributed by atoms with Crippen LogP contribution in [-0.2, 0) is 11.2 Å². The Labute approximate surface area is 257 Å². The first-order chi connectivity index (χ1) is 21.5. The van der Waals surface area contributed by atoms with Gasteiger partial charge in [0.25, 0.3) is 0 Å². The molecule has 3 aliphatic rings. The van der Waals surface area contributed by atoms with Crippen LogP contribution in [0.4, 0.5) is 20.4 Å². The number of carbonyl (C=O) groups excluding carboxylic acids is 1. The van der Waals surface area contributed by atoms with Gasteiger partial charge in [-0.05, 0) is 101 Å². The third kappa shape index (κ3) is 7.37. The summed E-state index contributed by atoms with van der Waals surface area (Å²) in [6, 6.07) is 3.53. The Morgan fingerprint density at radius 3 is 2.43 bits per heavy atom. The maximum atomic E-state index is 14.6. The van der Waals surface area contributed by atoms with E-state index in [0.717, 1.165) is 95.9 Å². The number of likely N-dealkylation sites (tertiary alicyclic amines) is 1. The largest absolute Gasteiger partial charge is 0.396 e. The summed E-state index contributed by atoms with van der Waals surface area (Å²) in [5, 5.41) is 15.9. The van der Waals surface area contributed by atoms with Gasteiger partial charge in [0, 0.05) is 44.1 Å². The summed E-state index contributed by atoms with van der Waals surface area (Å²) in [4.78, 5) is 29.6. The van der Waals surface area contributed by atoms with Gasteiger partial charge in [-0.2, -0.15) is 0 Å². The molecule has 3 heterocycles. The van der Waals surface area contributed by atoms with Crippen LogP contribution in [0.25, 0.3) is 11.2 Å². The van der Waals surface area contributed by atoms with Gasteiger partial charge in [-0.3, -0.25) is 9.36 Å². The molecule has 1 aromatic carbocycles. The first kappa shape index (κ1) is 30.8. The molecule has 44 heavy (non-hydrogen) atoms. The maximum absolute atomic E-state index is 14.6. The van der Waals surface area contributed by atoms with Gasteiger partial charge >= 0.3 is 0 Å². The number of rotatable bonds is 10. The predicted octanol–water partition coefficient (Wildman–Crippen LogP) is 5.52. The van der Waals surface area contributed by atoms with Gasteiger partial charge < -0.3 is 20.6 Å². The van der Waals surface area contributed by atoms with Crippen LogP contribution < -0.4 is 10.6 Å². The fourth-order valence-corrected chi connectivity index (χ4v) is 7.31. The minimum absolute atomic E-state index is 0.0759. The summed E-state index contributed by atoms with van der Waals surface area (Å²) in [5.74, 6) is 0.833. The van der Waals surface area contributed by atoms with Gasteiger partial charge in [0.1, 0.15) is 23.0 Å². The Kier molecular flexibility index (Phi) is 10.0. The number of aliphatic hydroxyl groups excluding tert-OH is 1. The number of nitrogens with one attached hydrogen (secondary N) is 2. The summed E-state index contributed by atoms with van der Waals surface area (Å²) < 4.78 is 30.2. The van der Waals surface area contributed by atoms with Gasteiger partial charge in [-0.25, -0.2) is 23.7 Å². The topological polar surface area (TPSA) is 108 Å². The number of nitrogens with zero attached hydrogens (tertiary/aromatic N) is 5. The summed E-state index contributed by atoms with van der Waals surface area (Å²) in [6.45, 7) is 4.14. The van der Waals surface area contributed by atoms with Crippen LogP contribution in [0, 0.1) is 29.4 Å². The highest BCUT2D eigenvalue weighted by molar-refractivity contribution is 5.78. The van der Waals surface area contributed by atoms with Crippen LogP contribution in [0.3, 0.4) is 0 Å². The SMILES string of the molecule is O=C(NCCN1CCCCC1)C1CCC(Cc2ncc3nc(Nc4ccc(F)cc4F)n(C4CCC(CO)CC4)c3n2)CC1. The first-order valence-corrected chi connectivity index (χ1v) is 16.5. The van der Waals surface area contributed by atoms with Crippen molar-refractivity contribution >= 4 is 28.7 Å². The van der Waals surface area contributed by atoms with Gasteiger partial charge in [-0.1, -0.05) is 6.42 Å². The Hall–Kier alpha value is -3.18. The zero-order chi connectivity index (χ0) is 30.5. The fourth-order valence-electron chi connectivity index (χ4n) is 7.31. The molecule has 0 bridgehead atoms. The molecular formula is C33H45F2N7O2. The molecule has 11 heteroatoms. The lowest BCUT2D eigenvalue weighted by atomic mass is 9.80. The van der Waals surface area contributed by atoms with Gasteiger partial charge in [0.05, 0.1) is 11.9 Å². The quantitative estimate of drug-likeness (QED) is 0.278. The number of benzene rings is 1. The van der Waals surface area contributed by atoms with Gasteiger partial charge in [0.15, 0.2) is 5.65 Å². The number of fused-ring (bicyclic) bond motifs is 1. The molecule has 9 nitrogen and oxygen atoms in total. The zero-order valence-corrected chi connectivity index (χ0v) is 25.5. The first-order valence-electron chi connectivity index (χ1n) is 16.5. The van der Waals surface area contributed by atoms with Crippen molar-refractivity contribution in [3.8, 4) is 0 Å². The van der Waals surface area contributed by atoms with Crippen LogP contribution in [-0.4, -0.2) is 68.2 Å². The number of piperidine rings is 1. The van der Waals surface area contributed by atoms with Gasteiger partial charge in [0.2, 0.25) is 11.9 Å². The molecule has 1 amide bonds. The molecule has 2 aliphatic carbocycles. The predicted molar refractivity (Wildman–Crippen MR) is 165 cm³/mol. The summed E-state index contributed by atoms with van der Waals surface area (Å²) in [5.41, 5.74) is 1.47. The van der Waals surface area contributed by atoms with E-state index >= 15 is 0 Å². The van der Waals surface area contributed by atoms with Crippen LogP contribution in [0.1, 0.15) is 82.5 Å². The lowest BCUT2D eigenvalue weighted by Gasteiger charge is -2.30. The third-order valence-electron chi connectivity index (χ3n) is 9.96. The second-order valence-electron chi connectivity index (χ2n) is 13.0. The molecule has 0 radical (unpaired) electrons. The van der Waals surface area contributed by atoms with E-state index in [1.54, 1.807) is 6.20 Å². The van der Waals surface area contributed by atoms with Crippen molar-refractivity contribution in [2.75, 3.05) is 38.1 Å². The van der Waals surface area contributed by atoms with E-state index in [4.69, 9.17) is 9.97 Å². The van der Waals surface area contributed by atoms with Crippen molar-refractivity contribution in [3.05, 3.63) is 41.9 Å². The van der Waals surface area contributed by atoms with E-state index in [-0.39, 0.29) is 36.1 Å². The molecule has 0 spiro atoms. The highest BCUT2D eigenvalue weighted by atomic mass is 19.1. The molecule has 3 fully saturated rings. The number of hydrogen-bond acceptors (Lipinski definition) is 7. The third-order valence-corrected chi connectivity index (χ3v) is 9.96. The number of aliphatic hydroxyl groups is 1. The normalized spacial score (nSPS) is 24.8. The number of imidazole rings is 1. The van der Waals surface area contributed by atoms with Crippen molar-refractivity contribution in [1.29, 1.82) is 0 Å². The highest BCUT2D eigenvalue weighted by Gasteiger charge is 2.29. The van der Waals surface area contributed by atoms with Crippen molar-refractivity contribution in [1.82, 2.24) is 29.7 Å². The molecular weight excluding hydrogens is 564 g/mol. The summed E-state index contributed by atoms with van der Waals surface area (Å²) in [7, 11) is 0. The van der Waals surface area contributed by atoms with E-state index in [9.17, 15) is 18.7 Å². The standard InChI is InChI=1S/C33H45F2N7O2/c34-25-10-13-28(27(35)19-25)38-33-39-29-20-37-30(40-31(29)42(33)26-11-6-23(21-43)7-12-26)18-22-4-8-24(9-5-22)32(44)36-14-17-41-15-2-1-3-16-41/h10,13,19-20,22-24,26,43H,1-9,11-12,14-18,21H2,(H,36,44)(H,38,39). The monoisotopic (exact) mass is 609 g/mol. The van der Waals surface area contributed by atoms with Crippen LogP contribution in [0.15, 0.2) is 24.4 Å². The smallest absolute Gasteiger partial charge is 0.223 e. The van der Waals surface area contributed by atoms with Crippen molar-refractivity contribution in [2.45, 2.75) is 83.1 Å². The van der Waals surface area contributed by atoms with E-state index in [2.05, 4.69) is 20.5 Å². The molecule has 1 aliphatic heterocycles. The number of carbonyl (C=O) groups is 1.